The molecule has 116 valence electrons. The highest BCUT2D eigenvalue weighted by Crippen LogP contribution is 2.28. The molecule has 0 saturated carbocycles. The minimum Gasteiger partial charge on any atom is -0.468 e. The van der Waals surface area contributed by atoms with Crippen molar-refractivity contribution >= 4 is 5.97 Å². The van der Waals surface area contributed by atoms with Crippen LogP contribution in [0.5, 0.6) is 0 Å². The molecule has 2 heterocycles. The quantitative estimate of drug-likeness (QED) is 0.752. The Morgan fingerprint density at radius 3 is 2.70 bits per heavy atom. The molecule has 5 heteroatoms. The Morgan fingerprint density at radius 1 is 1.35 bits per heavy atom. The molecule has 3 atom stereocenters. The third-order valence-electron chi connectivity index (χ3n) is 5.35. The summed E-state index contributed by atoms with van der Waals surface area (Å²) in [6.07, 6.45) is 4.71. The van der Waals surface area contributed by atoms with Crippen molar-refractivity contribution < 1.29 is 9.53 Å². The van der Waals surface area contributed by atoms with Gasteiger partial charge in [-0.2, -0.15) is 0 Å². The first-order valence-electron chi connectivity index (χ1n) is 7.72. The first-order chi connectivity index (χ1) is 9.50. The molecule has 0 amide bonds. The van der Waals surface area contributed by atoms with Gasteiger partial charge in [-0.15, -0.1) is 0 Å². The van der Waals surface area contributed by atoms with Crippen molar-refractivity contribution in [3.63, 3.8) is 0 Å². The van der Waals surface area contributed by atoms with Crippen molar-refractivity contribution in [1.82, 2.24) is 15.1 Å². The van der Waals surface area contributed by atoms with Gasteiger partial charge in [0.1, 0.15) is 5.54 Å². The number of nitrogens with zero attached hydrogens (tertiary/aromatic N) is 2. The van der Waals surface area contributed by atoms with Crippen LogP contribution in [0, 0.1) is 0 Å². The maximum Gasteiger partial charge on any atom is 0.325 e. The van der Waals surface area contributed by atoms with Crippen LogP contribution in [-0.2, 0) is 9.53 Å². The molecule has 0 aliphatic carbocycles. The van der Waals surface area contributed by atoms with E-state index in [9.17, 15) is 4.79 Å². The Labute approximate surface area is 122 Å². The monoisotopic (exact) mass is 283 g/mol. The van der Waals surface area contributed by atoms with E-state index in [2.05, 4.69) is 22.2 Å². The van der Waals surface area contributed by atoms with Gasteiger partial charge in [-0.1, -0.05) is 0 Å². The van der Waals surface area contributed by atoms with Crippen LogP contribution in [0.25, 0.3) is 0 Å². The lowest BCUT2D eigenvalue weighted by Gasteiger charge is -2.31. The smallest absolute Gasteiger partial charge is 0.325 e. The largest absolute Gasteiger partial charge is 0.468 e. The van der Waals surface area contributed by atoms with E-state index in [4.69, 9.17) is 4.74 Å². The summed E-state index contributed by atoms with van der Waals surface area (Å²) in [7, 11) is 5.55. The summed E-state index contributed by atoms with van der Waals surface area (Å²) in [6.45, 7) is 5.15. The van der Waals surface area contributed by atoms with Crippen LogP contribution < -0.4 is 5.32 Å². The maximum atomic E-state index is 11.9. The number of methoxy groups -OCH3 is 1. The molecule has 0 aromatic heterocycles. The van der Waals surface area contributed by atoms with E-state index in [0.29, 0.717) is 6.04 Å². The molecular formula is C15H29N3O2. The van der Waals surface area contributed by atoms with E-state index < -0.39 is 5.54 Å². The molecule has 2 saturated heterocycles. The van der Waals surface area contributed by atoms with Crippen LogP contribution >= 0.6 is 0 Å². The number of esters is 1. The Balaban J connectivity index is 1.89. The highest BCUT2D eigenvalue weighted by atomic mass is 16.5. The average Bonchev–Trinajstić information content (AvgIpc) is 2.70. The zero-order valence-electron chi connectivity index (χ0n) is 13.3. The van der Waals surface area contributed by atoms with Crippen LogP contribution in [0.15, 0.2) is 0 Å². The van der Waals surface area contributed by atoms with Gasteiger partial charge in [0.2, 0.25) is 0 Å². The van der Waals surface area contributed by atoms with Gasteiger partial charge in [0.05, 0.1) is 7.11 Å². The summed E-state index contributed by atoms with van der Waals surface area (Å²) < 4.78 is 4.91. The second-order valence-corrected chi connectivity index (χ2v) is 6.46. The fraction of sp³-hybridized carbons (Fsp3) is 0.933. The summed E-state index contributed by atoms with van der Waals surface area (Å²) in [5, 5.41) is 3.12. The number of carbonyl (C=O) groups is 1. The molecule has 2 aliphatic heterocycles. The minimum absolute atomic E-state index is 0.173. The predicted molar refractivity (Wildman–Crippen MR) is 79.7 cm³/mol. The summed E-state index contributed by atoms with van der Waals surface area (Å²) in [5.41, 5.74) is -0.577. The fourth-order valence-corrected chi connectivity index (χ4v) is 3.52. The third-order valence-corrected chi connectivity index (χ3v) is 5.35. The molecule has 0 radical (unpaired) electrons. The molecule has 0 spiro atoms. The second kappa shape index (κ2) is 6.41. The summed E-state index contributed by atoms with van der Waals surface area (Å²) in [4.78, 5) is 16.9. The normalized spacial score (nSPS) is 30.8. The van der Waals surface area contributed by atoms with Gasteiger partial charge in [0, 0.05) is 25.2 Å². The van der Waals surface area contributed by atoms with E-state index in [1.165, 1.54) is 26.4 Å². The summed E-state index contributed by atoms with van der Waals surface area (Å²) in [5.74, 6) is -0.173. The van der Waals surface area contributed by atoms with Crippen molar-refractivity contribution in [1.29, 1.82) is 0 Å². The third kappa shape index (κ3) is 3.15. The van der Waals surface area contributed by atoms with Crippen molar-refractivity contribution in [2.45, 2.75) is 50.2 Å². The lowest BCUT2D eigenvalue weighted by Crippen LogP contribution is -2.50. The van der Waals surface area contributed by atoms with E-state index in [1.807, 2.05) is 14.0 Å². The molecule has 3 unspecified atom stereocenters. The van der Waals surface area contributed by atoms with Gasteiger partial charge in [-0.3, -0.25) is 9.69 Å². The molecule has 0 aromatic rings. The molecular weight excluding hydrogens is 254 g/mol. The van der Waals surface area contributed by atoms with Gasteiger partial charge >= 0.3 is 5.97 Å². The molecule has 20 heavy (non-hydrogen) atoms. The molecule has 1 N–H and O–H groups in total. The standard InChI is InChI=1S/C15H29N3O2/c1-15(16-2,14(19)20-4)8-10-18-9-7-12-5-6-13(11-18)17(12)3/h12-13,16H,5-11H2,1-4H3. The number of hydrogen-bond acceptors (Lipinski definition) is 5. The number of rotatable bonds is 5. The SMILES string of the molecule is CNC(C)(CCN1CCC2CCC(C1)N2C)C(=O)OC. The summed E-state index contributed by atoms with van der Waals surface area (Å²) >= 11 is 0. The molecule has 2 rings (SSSR count). The first kappa shape index (κ1) is 15.7. The van der Waals surface area contributed by atoms with E-state index in [-0.39, 0.29) is 5.97 Å². The number of likely N-dealkylation sites (N-methyl/N-ethyl adjacent to an activating group) is 2. The fourth-order valence-electron chi connectivity index (χ4n) is 3.52. The van der Waals surface area contributed by atoms with Gasteiger partial charge in [0.25, 0.3) is 0 Å². The molecule has 5 nitrogen and oxygen atoms in total. The lowest BCUT2D eigenvalue weighted by atomic mass is 9.97. The van der Waals surface area contributed by atoms with Gasteiger partial charge in [0.15, 0.2) is 0 Å². The van der Waals surface area contributed by atoms with Crippen LogP contribution in [0.3, 0.4) is 0 Å². The molecule has 2 fully saturated rings. The Hall–Kier alpha value is -0.650. The van der Waals surface area contributed by atoms with Gasteiger partial charge in [-0.05, 0) is 53.2 Å². The minimum atomic E-state index is -0.577. The average molecular weight is 283 g/mol. The first-order valence-corrected chi connectivity index (χ1v) is 7.72. The van der Waals surface area contributed by atoms with Crippen molar-refractivity contribution in [3.05, 3.63) is 0 Å². The maximum absolute atomic E-state index is 11.9. The number of carbonyl (C=O) groups excluding carboxylic acids is 1. The van der Waals surface area contributed by atoms with Crippen molar-refractivity contribution in [3.8, 4) is 0 Å². The molecule has 0 aromatic carbocycles. The van der Waals surface area contributed by atoms with E-state index >= 15 is 0 Å². The van der Waals surface area contributed by atoms with Crippen LogP contribution in [0.4, 0.5) is 0 Å². The number of ether oxygens (including phenoxy) is 1. The van der Waals surface area contributed by atoms with Crippen LogP contribution in [0.1, 0.15) is 32.6 Å². The van der Waals surface area contributed by atoms with Gasteiger partial charge in [-0.25, -0.2) is 0 Å². The number of nitrogens with one attached hydrogen (secondary N) is 1. The predicted octanol–water partition coefficient (Wildman–Crippen LogP) is 0.696. The zero-order valence-corrected chi connectivity index (χ0v) is 13.3. The second-order valence-electron chi connectivity index (χ2n) is 6.46. The number of fused-ring (bicyclic) bond motifs is 2. The summed E-state index contributed by atoms with van der Waals surface area (Å²) in [6, 6.07) is 1.46. The number of hydrogen-bond donors (Lipinski definition) is 1. The topological polar surface area (TPSA) is 44.8 Å². The van der Waals surface area contributed by atoms with E-state index in [1.54, 1.807) is 0 Å². The molecule has 2 bridgehead atoms. The number of likely N-dealkylation sites (tertiary alicyclic amines) is 1. The highest BCUT2D eigenvalue weighted by Gasteiger charge is 2.36. The van der Waals surface area contributed by atoms with E-state index in [0.717, 1.165) is 32.1 Å². The highest BCUT2D eigenvalue weighted by molar-refractivity contribution is 5.80. The Bertz CT molecular complexity index is 350. The molecule has 2 aliphatic rings. The van der Waals surface area contributed by atoms with Crippen molar-refractivity contribution in [2.24, 2.45) is 0 Å². The van der Waals surface area contributed by atoms with Crippen LogP contribution in [-0.4, -0.2) is 74.2 Å². The van der Waals surface area contributed by atoms with Crippen molar-refractivity contribution in [2.75, 3.05) is 40.8 Å². The Kier molecular flexibility index (Phi) is 5.04. The van der Waals surface area contributed by atoms with Gasteiger partial charge < -0.3 is 15.0 Å². The Morgan fingerprint density at radius 2 is 2.05 bits per heavy atom. The lowest BCUT2D eigenvalue weighted by molar-refractivity contribution is -0.148. The van der Waals surface area contributed by atoms with Crippen LogP contribution in [0.2, 0.25) is 0 Å². The zero-order chi connectivity index (χ0) is 14.8.